The van der Waals surface area contributed by atoms with Crippen molar-refractivity contribution in [1.29, 1.82) is 0 Å². The molecular weight excluding hydrogens is 284 g/mol. The van der Waals surface area contributed by atoms with Gasteiger partial charge in [0.25, 0.3) is 0 Å². The van der Waals surface area contributed by atoms with Crippen LogP contribution in [0.5, 0.6) is 11.5 Å². The molecule has 1 N–H and O–H groups in total. The highest BCUT2D eigenvalue weighted by Crippen LogP contribution is 2.37. The van der Waals surface area contributed by atoms with E-state index in [2.05, 4.69) is 5.32 Å². The number of carbonyl (C=O) groups excluding carboxylic acids is 2. The molecule has 1 aromatic rings. The normalized spacial score (nSPS) is 20.4. The third kappa shape index (κ3) is 2.86. The number of nitrogens with one attached hydrogen (secondary N) is 1. The van der Waals surface area contributed by atoms with Gasteiger partial charge in [-0.15, -0.1) is 0 Å². The molecule has 6 nitrogen and oxygen atoms in total. The van der Waals surface area contributed by atoms with Gasteiger partial charge in [0.2, 0.25) is 18.6 Å². The number of fused-ring (bicyclic) bond motifs is 1. The predicted octanol–water partition coefficient (Wildman–Crippen LogP) is 1.68. The molecule has 6 heteroatoms. The average molecular weight is 304 g/mol. The molecule has 2 aliphatic heterocycles. The predicted molar refractivity (Wildman–Crippen MR) is 80.9 cm³/mol. The van der Waals surface area contributed by atoms with E-state index < -0.39 is 0 Å². The minimum atomic E-state index is -0.322. The zero-order valence-electron chi connectivity index (χ0n) is 13.0. The van der Waals surface area contributed by atoms with E-state index in [0.29, 0.717) is 18.0 Å². The molecule has 3 rings (SSSR count). The van der Waals surface area contributed by atoms with Gasteiger partial charge in [-0.25, -0.2) is 0 Å². The van der Waals surface area contributed by atoms with Crippen LogP contribution < -0.4 is 19.7 Å². The lowest BCUT2D eigenvalue weighted by Crippen LogP contribution is -2.44. The summed E-state index contributed by atoms with van der Waals surface area (Å²) in [4.78, 5) is 26.1. The standard InChI is InChI=1S/C16H20N2O4/c1-16(2,3)17-15(20)10-6-14(19)18(8-10)11-4-5-12-13(7-11)22-9-21-12/h4-5,7,10H,6,8-9H2,1-3H3,(H,17,20)/t10-/m1/s1. The first kappa shape index (κ1) is 14.7. The number of benzene rings is 1. The second-order valence-corrected chi connectivity index (χ2v) is 6.68. The van der Waals surface area contributed by atoms with Crippen molar-refractivity contribution in [3.05, 3.63) is 18.2 Å². The monoisotopic (exact) mass is 304 g/mol. The molecule has 1 fully saturated rings. The number of carbonyl (C=O) groups is 2. The Morgan fingerprint density at radius 3 is 2.73 bits per heavy atom. The largest absolute Gasteiger partial charge is 0.454 e. The van der Waals surface area contributed by atoms with Crippen LogP contribution in [0, 0.1) is 5.92 Å². The summed E-state index contributed by atoms with van der Waals surface area (Å²) in [6, 6.07) is 5.38. The zero-order chi connectivity index (χ0) is 15.9. The summed E-state index contributed by atoms with van der Waals surface area (Å²) in [7, 11) is 0. The van der Waals surface area contributed by atoms with Crippen molar-refractivity contribution < 1.29 is 19.1 Å². The summed E-state index contributed by atoms with van der Waals surface area (Å²) >= 11 is 0. The maximum Gasteiger partial charge on any atom is 0.231 e. The van der Waals surface area contributed by atoms with Crippen LogP contribution in [0.1, 0.15) is 27.2 Å². The second kappa shape index (κ2) is 5.19. The van der Waals surface area contributed by atoms with Crippen molar-refractivity contribution in [1.82, 2.24) is 5.32 Å². The summed E-state index contributed by atoms with van der Waals surface area (Å²) in [5.41, 5.74) is 0.437. The Hall–Kier alpha value is -2.24. The highest BCUT2D eigenvalue weighted by molar-refractivity contribution is 6.00. The SMILES string of the molecule is CC(C)(C)NC(=O)[C@@H]1CC(=O)N(c2ccc3c(c2)OCO3)C1. The molecular formula is C16H20N2O4. The number of amides is 2. The quantitative estimate of drug-likeness (QED) is 0.902. The molecule has 22 heavy (non-hydrogen) atoms. The Balaban J connectivity index is 1.74. The molecule has 2 heterocycles. The van der Waals surface area contributed by atoms with Gasteiger partial charge in [0.05, 0.1) is 5.92 Å². The molecule has 1 saturated heterocycles. The number of anilines is 1. The second-order valence-electron chi connectivity index (χ2n) is 6.68. The molecule has 0 unspecified atom stereocenters. The van der Waals surface area contributed by atoms with Gasteiger partial charge in [0, 0.05) is 30.3 Å². The molecule has 1 atom stereocenters. The molecule has 2 aliphatic rings. The summed E-state index contributed by atoms with van der Waals surface area (Å²) in [5, 5.41) is 2.93. The van der Waals surface area contributed by atoms with Gasteiger partial charge in [0.15, 0.2) is 11.5 Å². The Labute approximate surface area is 129 Å². The first-order valence-electron chi connectivity index (χ1n) is 7.35. The average Bonchev–Trinajstić information content (AvgIpc) is 3.01. The summed E-state index contributed by atoms with van der Waals surface area (Å²) in [6.07, 6.45) is 0.232. The molecule has 0 radical (unpaired) electrons. The highest BCUT2D eigenvalue weighted by Gasteiger charge is 2.36. The van der Waals surface area contributed by atoms with Crippen LogP contribution in [0.2, 0.25) is 0 Å². The summed E-state index contributed by atoms with van der Waals surface area (Å²) < 4.78 is 10.6. The topological polar surface area (TPSA) is 67.9 Å². The van der Waals surface area contributed by atoms with E-state index in [1.807, 2.05) is 26.8 Å². The molecule has 2 amide bonds. The van der Waals surface area contributed by atoms with Gasteiger partial charge in [-0.1, -0.05) is 0 Å². The molecule has 0 bridgehead atoms. The van der Waals surface area contributed by atoms with Crippen LogP contribution in [-0.4, -0.2) is 30.7 Å². The molecule has 0 saturated carbocycles. The molecule has 0 spiro atoms. The van der Waals surface area contributed by atoms with Crippen LogP contribution in [0.4, 0.5) is 5.69 Å². The lowest BCUT2D eigenvalue weighted by Gasteiger charge is -2.23. The smallest absolute Gasteiger partial charge is 0.231 e. The van der Waals surface area contributed by atoms with E-state index in [1.54, 1.807) is 17.0 Å². The van der Waals surface area contributed by atoms with Crippen molar-refractivity contribution in [2.45, 2.75) is 32.7 Å². The van der Waals surface area contributed by atoms with Gasteiger partial charge in [-0.05, 0) is 32.9 Å². The van der Waals surface area contributed by atoms with Crippen molar-refractivity contribution in [3.63, 3.8) is 0 Å². The van der Waals surface area contributed by atoms with E-state index >= 15 is 0 Å². The fourth-order valence-electron chi connectivity index (χ4n) is 2.66. The van der Waals surface area contributed by atoms with Gasteiger partial charge >= 0.3 is 0 Å². The number of hydrogen-bond donors (Lipinski definition) is 1. The minimum absolute atomic E-state index is 0.0482. The van der Waals surface area contributed by atoms with E-state index in [-0.39, 0.29) is 36.5 Å². The van der Waals surface area contributed by atoms with Crippen LogP contribution in [0.3, 0.4) is 0 Å². The lowest BCUT2D eigenvalue weighted by molar-refractivity contribution is -0.127. The fourth-order valence-corrected chi connectivity index (χ4v) is 2.66. The van der Waals surface area contributed by atoms with Crippen molar-refractivity contribution in [3.8, 4) is 11.5 Å². The van der Waals surface area contributed by atoms with Gasteiger partial charge in [0.1, 0.15) is 0 Å². The third-order valence-corrected chi connectivity index (χ3v) is 3.66. The number of hydrogen-bond acceptors (Lipinski definition) is 4. The minimum Gasteiger partial charge on any atom is -0.454 e. The van der Waals surface area contributed by atoms with Crippen LogP contribution in [0.15, 0.2) is 18.2 Å². The maximum atomic E-state index is 12.2. The van der Waals surface area contributed by atoms with Crippen molar-refractivity contribution >= 4 is 17.5 Å². The summed E-state index contributed by atoms with van der Waals surface area (Å²) in [6.45, 7) is 6.37. The van der Waals surface area contributed by atoms with Gasteiger partial charge < -0.3 is 19.7 Å². The first-order chi connectivity index (χ1) is 10.3. The van der Waals surface area contributed by atoms with E-state index in [1.165, 1.54) is 0 Å². The van der Waals surface area contributed by atoms with Gasteiger partial charge in [-0.2, -0.15) is 0 Å². The van der Waals surface area contributed by atoms with E-state index in [0.717, 1.165) is 5.69 Å². The Kier molecular flexibility index (Phi) is 3.47. The maximum absolute atomic E-state index is 12.2. The van der Waals surface area contributed by atoms with Crippen molar-refractivity contribution in [2.75, 3.05) is 18.2 Å². The number of rotatable bonds is 2. The fraction of sp³-hybridized carbons (Fsp3) is 0.500. The van der Waals surface area contributed by atoms with Gasteiger partial charge in [-0.3, -0.25) is 9.59 Å². The van der Waals surface area contributed by atoms with E-state index in [4.69, 9.17) is 9.47 Å². The van der Waals surface area contributed by atoms with Crippen LogP contribution in [-0.2, 0) is 9.59 Å². The molecule has 0 aliphatic carbocycles. The zero-order valence-corrected chi connectivity index (χ0v) is 13.0. The number of ether oxygens (including phenoxy) is 2. The van der Waals surface area contributed by atoms with Crippen LogP contribution in [0.25, 0.3) is 0 Å². The summed E-state index contributed by atoms with van der Waals surface area (Å²) in [5.74, 6) is 0.861. The first-order valence-corrected chi connectivity index (χ1v) is 7.35. The van der Waals surface area contributed by atoms with Crippen molar-refractivity contribution in [2.24, 2.45) is 5.92 Å². The van der Waals surface area contributed by atoms with Crippen LogP contribution >= 0.6 is 0 Å². The highest BCUT2D eigenvalue weighted by atomic mass is 16.7. The number of nitrogens with zero attached hydrogens (tertiary/aromatic N) is 1. The molecule has 118 valence electrons. The molecule has 1 aromatic carbocycles. The van der Waals surface area contributed by atoms with E-state index in [9.17, 15) is 9.59 Å². The molecule has 0 aromatic heterocycles. The third-order valence-electron chi connectivity index (χ3n) is 3.66. The Morgan fingerprint density at radius 1 is 1.27 bits per heavy atom. The Morgan fingerprint density at radius 2 is 2.00 bits per heavy atom. The Bertz CT molecular complexity index is 621. The lowest BCUT2D eigenvalue weighted by atomic mass is 10.0.